The summed E-state index contributed by atoms with van der Waals surface area (Å²) in [6.07, 6.45) is 4.28. The van der Waals surface area contributed by atoms with Crippen molar-refractivity contribution in [3.8, 4) is 5.75 Å². The van der Waals surface area contributed by atoms with Gasteiger partial charge in [-0.3, -0.25) is 4.98 Å². The number of ether oxygens (including phenoxy) is 2. The number of benzene rings is 2. The van der Waals surface area contributed by atoms with Crippen molar-refractivity contribution in [1.82, 2.24) is 4.98 Å². The molecule has 1 atom stereocenters. The van der Waals surface area contributed by atoms with Gasteiger partial charge in [-0.05, 0) is 48.4 Å². The first-order valence-corrected chi connectivity index (χ1v) is 9.46. The Labute approximate surface area is 164 Å². The van der Waals surface area contributed by atoms with Crippen LogP contribution in [0.15, 0.2) is 67.0 Å². The van der Waals surface area contributed by atoms with Gasteiger partial charge in [0.05, 0.1) is 13.2 Å². The highest BCUT2D eigenvalue weighted by Crippen LogP contribution is 2.33. The van der Waals surface area contributed by atoms with Crippen LogP contribution in [0.3, 0.4) is 0 Å². The van der Waals surface area contributed by atoms with Gasteiger partial charge in [-0.25, -0.2) is 4.39 Å². The summed E-state index contributed by atoms with van der Waals surface area (Å²) in [6, 6.07) is 17.2. The number of pyridine rings is 1. The second-order valence-corrected chi connectivity index (χ2v) is 7.00. The highest BCUT2D eigenvalue weighted by Gasteiger charge is 2.20. The SMILES string of the molecule is Cc1cccc(N(Cc2cccnc2)c2ccc(F)c(OC3CCOC3)c2)c1. The number of anilines is 2. The highest BCUT2D eigenvalue weighted by molar-refractivity contribution is 5.65. The van der Waals surface area contributed by atoms with Crippen molar-refractivity contribution < 1.29 is 13.9 Å². The third kappa shape index (κ3) is 4.31. The molecule has 1 unspecified atom stereocenters. The standard InChI is InChI=1S/C23H23FN2O2/c1-17-4-2-6-19(12-17)26(15-18-5-3-10-25-14-18)20-7-8-22(24)23(13-20)28-21-9-11-27-16-21/h2-8,10,12-14,21H,9,11,15-16H2,1H3. The van der Waals surface area contributed by atoms with Crippen LogP contribution in [0.25, 0.3) is 0 Å². The average Bonchev–Trinajstić information content (AvgIpc) is 3.22. The first-order valence-electron chi connectivity index (χ1n) is 9.46. The fraction of sp³-hybridized carbons (Fsp3) is 0.261. The van der Waals surface area contributed by atoms with E-state index in [0.717, 1.165) is 28.9 Å². The molecular formula is C23H23FN2O2. The molecule has 1 aromatic heterocycles. The molecule has 2 aromatic carbocycles. The maximum absolute atomic E-state index is 14.4. The summed E-state index contributed by atoms with van der Waals surface area (Å²) < 4.78 is 25.6. The monoisotopic (exact) mass is 378 g/mol. The minimum Gasteiger partial charge on any atom is -0.485 e. The molecule has 0 bridgehead atoms. The number of halogens is 1. The fourth-order valence-corrected chi connectivity index (χ4v) is 3.34. The van der Waals surface area contributed by atoms with Crippen molar-refractivity contribution in [2.45, 2.75) is 26.0 Å². The summed E-state index contributed by atoms with van der Waals surface area (Å²) in [7, 11) is 0. The Morgan fingerprint density at radius 2 is 2.04 bits per heavy atom. The number of nitrogens with zero attached hydrogens (tertiary/aromatic N) is 2. The molecule has 1 aliphatic heterocycles. The summed E-state index contributed by atoms with van der Waals surface area (Å²) in [6.45, 7) is 3.84. The van der Waals surface area contributed by atoms with Crippen LogP contribution in [0.4, 0.5) is 15.8 Å². The van der Waals surface area contributed by atoms with E-state index in [1.165, 1.54) is 6.07 Å². The quantitative estimate of drug-likeness (QED) is 0.602. The van der Waals surface area contributed by atoms with Gasteiger partial charge in [-0.1, -0.05) is 18.2 Å². The van der Waals surface area contributed by atoms with Gasteiger partial charge in [0.15, 0.2) is 11.6 Å². The zero-order valence-electron chi connectivity index (χ0n) is 15.8. The molecule has 4 nitrogen and oxygen atoms in total. The minimum absolute atomic E-state index is 0.101. The van der Waals surface area contributed by atoms with Crippen molar-refractivity contribution in [3.05, 3.63) is 83.9 Å². The number of aromatic nitrogens is 1. The number of hydrogen-bond acceptors (Lipinski definition) is 4. The van der Waals surface area contributed by atoms with Gasteiger partial charge in [0.1, 0.15) is 6.10 Å². The van der Waals surface area contributed by atoms with E-state index in [1.807, 2.05) is 24.4 Å². The molecular weight excluding hydrogens is 355 g/mol. The Balaban J connectivity index is 1.69. The Kier molecular flexibility index (Phi) is 5.53. The molecule has 3 aromatic rings. The summed E-state index contributed by atoms with van der Waals surface area (Å²) >= 11 is 0. The summed E-state index contributed by atoms with van der Waals surface area (Å²) in [5, 5.41) is 0. The maximum Gasteiger partial charge on any atom is 0.165 e. The van der Waals surface area contributed by atoms with Crippen LogP contribution in [-0.4, -0.2) is 24.3 Å². The average molecular weight is 378 g/mol. The van der Waals surface area contributed by atoms with E-state index in [-0.39, 0.29) is 17.7 Å². The maximum atomic E-state index is 14.4. The largest absolute Gasteiger partial charge is 0.485 e. The fourth-order valence-electron chi connectivity index (χ4n) is 3.34. The van der Waals surface area contributed by atoms with Crippen LogP contribution in [0.1, 0.15) is 17.5 Å². The lowest BCUT2D eigenvalue weighted by molar-refractivity contribution is 0.138. The molecule has 0 radical (unpaired) electrons. The van der Waals surface area contributed by atoms with E-state index in [4.69, 9.17) is 9.47 Å². The lowest BCUT2D eigenvalue weighted by Gasteiger charge is -2.26. The Hall–Kier alpha value is -2.92. The normalized spacial score (nSPS) is 16.1. The van der Waals surface area contributed by atoms with E-state index in [9.17, 15) is 4.39 Å². The minimum atomic E-state index is -0.360. The second kappa shape index (κ2) is 8.40. The van der Waals surface area contributed by atoms with Crippen LogP contribution in [-0.2, 0) is 11.3 Å². The molecule has 0 spiro atoms. The van der Waals surface area contributed by atoms with Crippen LogP contribution in [0, 0.1) is 12.7 Å². The molecule has 0 aliphatic carbocycles. The molecule has 5 heteroatoms. The van der Waals surface area contributed by atoms with Gasteiger partial charge < -0.3 is 14.4 Å². The Morgan fingerprint density at radius 3 is 2.79 bits per heavy atom. The van der Waals surface area contributed by atoms with Crippen molar-refractivity contribution in [2.24, 2.45) is 0 Å². The first-order chi connectivity index (χ1) is 13.7. The number of rotatable bonds is 6. The molecule has 1 fully saturated rings. The lowest BCUT2D eigenvalue weighted by atomic mass is 10.1. The van der Waals surface area contributed by atoms with Crippen molar-refractivity contribution in [2.75, 3.05) is 18.1 Å². The number of aryl methyl sites for hydroxylation is 1. The lowest BCUT2D eigenvalue weighted by Crippen LogP contribution is -2.19. The molecule has 1 aliphatic rings. The smallest absolute Gasteiger partial charge is 0.165 e. The second-order valence-electron chi connectivity index (χ2n) is 7.00. The number of hydrogen-bond donors (Lipinski definition) is 0. The molecule has 0 saturated carbocycles. The van der Waals surface area contributed by atoms with Gasteiger partial charge in [-0.2, -0.15) is 0 Å². The van der Waals surface area contributed by atoms with Crippen molar-refractivity contribution in [1.29, 1.82) is 0 Å². The van der Waals surface area contributed by atoms with E-state index in [2.05, 4.69) is 35.0 Å². The highest BCUT2D eigenvalue weighted by atomic mass is 19.1. The first kappa shape index (κ1) is 18.4. The Bertz CT molecular complexity index is 927. The van der Waals surface area contributed by atoms with Crippen molar-refractivity contribution >= 4 is 11.4 Å². The summed E-state index contributed by atoms with van der Waals surface area (Å²) in [5.41, 5.74) is 4.13. The molecule has 28 heavy (non-hydrogen) atoms. The van der Waals surface area contributed by atoms with Crippen LogP contribution >= 0.6 is 0 Å². The van der Waals surface area contributed by atoms with Crippen LogP contribution in [0.2, 0.25) is 0 Å². The third-order valence-electron chi connectivity index (χ3n) is 4.78. The molecule has 4 rings (SSSR count). The predicted octanol–water partition coefficient (Wildman–Crippen LogP) is 5.04. The molecule has 2 heterocycles. The molecule has 0 N–H and O–H groups in total. The van der Waals surface area contributed by atoms with E-state index >= 15 is 0 Å². The Morgan fingerprint density at radius 1 is 1.14 bits per heavy atom. The van der Waals surface area contributed by atoms with Gasteiger partial charge in [-0.15, -0.1) is 0 Å². The third-order valence-corrected chi connectivity index (χ3v) is 4.78. The summed E-state index contributed by atoms with van der Waals surface area (Å²) in [5.74, 6) is -0.0990. The van der Waals surface area contributed by atoms with E-state index in [0.29, 0.717) is 19.8 Å². The summed E-state index contributed by atoms with van der Waals surface area (Å²) in [4.78, 5) is 6.36. The van der Waals surface area contributed by atoms with E-state index < -0.39 is 0 Å². The van der Waals surface area contributed by atoms with Gasteiger partial charge >= 0.3 is 0 Å². The van der Waals surface area contributed by atoms with E-state index in [1.54, 1.807) is 18.3 Å². The molecule has 144 valence electrons. The van der Waals surface area contributed by atoms with Gasteiger partial charge in [0.25, 0.3) is 0 Å². The molecule has 1 saturated heterocycles. The predicted molar refractivity (Wildman–Crippen MR) is 108 cm³/mol. The van der Waals surface area contributed by atoms with Crippen LogP contribution < -0.4 is 9.64 Å². The topological polar surface area (TPSA) is 34.6 Å². The van der Waals surface area contributed by atoms with Gasteiger partial charge in [0, 0.05) is 42.8 Å². The zero-order valence-corrected chi connectivity index (χ0v) is 15.8. The van der Waals surface area contributed by atoms with Crippen LogP contribution in [0.5, 0.6) is 5.75 Å². The zero-order chi connectivity index (χ0) is 19.3. The van der Waals surface area contributed by atoms with Crippen molar-refractivity contribution in [3.63, 3.8) is 0 Å². The van der Waals surface area contributed by atoms with Gasteiger partial charge in [0.2, 0.25) is 0 Å². The molecule has 0 amide bonds.